The van der Waals surface area contributed by atoms with Crippen LogP contribution >= 0.6 is 0 Å². The molecule has 2 unspecified atom stereocenters. The van der Waals surface area contributed by atoms with Crippen LogP contribution in [0.15, 0.2) is 0 Å². The van der Waals surface area contributed by atoms with Crippen LogP contribution in [0.1, 0.15) is 45.4 Å². The van der Waals surface area contributed by atoms with E-state index < -0.39 is 5.79 Å². The van der Waals surface area contributed by atoms with E-state index in [9.17, 15) is 5.11 Å². The number of aliphatic hydroxyl groups excluding tert-OH is 1. The average molecular weight is 257 g/mol. The van der Waals surface area contributed by atoms with Crippen molar-refractivity contribution >= 4 is 0 Å². The summed E-state index contributed by atoms with van der Waals surface area (Å²) in [5.74, 6) is -0.400. The molecule has 1 heterocycles. The first kappa shape index (κ1) is 14.3. The highest BCUT2D eigenvalue weighted by Gasteiger charge is 2.45. The molecule has 1 aliphatic heterocycles. The lowest BCUT2D eigenvalue weighted by Gasteiger charge is -2.42. The van der Waals surface area contributed by atoms with Gasteiger partial charge in [-0.25, -0.2) is 0 Å². The molecule has 0 aromatic heterocycles. The van der Waals surface area contributed by atoms with E-state index in [0.717, 1.165) is 25.8 Å². The zero-order valence-corrected chi connectivity index (χ0v) is 11.7. The van der Waals surface area contributed by atoms with Gasteiger partial charge in [0.25, 0.3) is 0 Å². The van der Waals surface area contributed by atoms with Crippen LogP contribution in [-0.2, 0) is 9.47 Å². The van der Waals surface area contributed by atoms with Gasteiger partial charge in [-0.1, -0.05) is 19.8 Å². The number of rotatable bonds is 5. The molecular formula is C14H27NO3. The third-order valence-corrected chi connectivity index (χ3v) is 4.28. The lowest BCUT2D eigenvalue weighted by Crippen LogP contribution is -2.52. The van der Waals surface area contributed by atoms with Crippen molar-refractivity contribution < 1.29 is 14.6 Å². The van der Waals surface area contributed by atoms with E-state index >= 15 is 0 Å². The molecule has 1 saturated heterocycles. The van der Waals surface area contributed by atoms with Crippen molar-refractivity contribution in [1.82, 2.24) is 4.90 Å². The van der Waals surface area contributed by atoms with E-state index in [1.54, 1.807) is 0 Å². The summed E-state index contributed by atoms with van der Waals surface area (Å²) in [6, 6.07) is 0.175. The van der Waals surface area contributed by atoms with Gasteiger partial charge in [0.05, 0.1) is 19.3 Å². The Labute approximate surface area is 110 Å². The lowest BCUT2D eigenvalue weighted by molar-refractivity contribution is -0.203. The van der Waals surface area contributed by atoms with Gasteiger partial charge in [0.2, 0.25) is 0 Å². The topological polar surface area (TPSA) is 41.9 Å². The van der Waals surface area contributed by atoms with Gasteiger partial charge in [-0.2, -0.15) is 0 Å². The van der Waals surface area contributed by atoms with Gasteiger partial charge in [0.1, 0.15) is 0 Å². The minimum Gasteiger partial charge on any atom is -0.391 e. The highest BCUT2D eigenvalue weighted by atomic mass is 16.7. The molecule has 2 rings (SSSR count). The summed E-state index contributed by atoms with van der Waals surface area (Å²) in [7, 11) is 2.11. The van der Waals surface area contributed by atoms with Crippen molar-refractivity contribution in [2.75, 3.05) is 26.8 Å². The van der Waals surface area contributed by atoms with Crippen molar-refractivity contribution in [2.24, 2.45) is 0 Å². The van der Waals surface area contributed by atoms with Crippen LogP contribution in [0.2, 0.25) is 0 Å². The maximum Gasteiger partial charge on any atom is 0.170 e. The van der Waals surface area contributed by atoms with Gasteiger partial charge in [0.15, 0.2) is 5.79 Å². The fourth-order valence-corrected chi connectivity index (χ4v) is 3.10. The molecule has 4 heteroatoms. The molecule has 0 aromatic carbocycles. The monoisotopic (exact) mass is 257 g/mol. The van der Waals surface area contributed by atoms with Crippen LogP contribution in [0.5, 0.6) is 0 Å². The Bertz CT molecular complexity index is 253. The highest BCUT2D eigenvalue weighted by molar-refractivity contribution is 4.92. The van der Waals surface area contributed by atoms with E-state index in [4.69, 9.17) is 9.47 Å². The van der Waals surface area contributed by atoms with Gasteiger partial charge in [-0.05, 0) is 26.4 Å². The van der Waals surface area contributed by atoms with Gasteiger partial charge in [-0.15, -0.1) is 0 Å². The van der Waals surface area contributed by atoms with E-state index in [0.29, 0.717) is 13.2 Å². The SMILES string of the molecule is CCCCCN(C)C1CC2(CCC1O)OCCO2. The van der Waals surface area contributed by atoms with Crippen molar-refractivity contribution in [3.05, 3.63) is 0 Å². The van der Waals surface area contributed by atoms with Crippen molar-refractivity contribution in [2.45, 2.75) is 63.4 Å². The Hall–Kier alpha value is -0.160. The average Bonchev–Trinajstić information content (AvgIpc) is 2.81. The Morgan fingerprint density at radius 3 is 2.67 bits per heavy atom. The number of nitrogens with zero attached hydrogens (tertiary/aromatic N) is 1. The minimum absolute atomic E-state index is 0.175. The van der Waals surface area contributed by atoms with Crippen LogP contribution in [0.3, 0.4) is 0 Å². The number of aliphatic hydroxyl groups is 1. The van der Waals surface area contributed by atoms with E-state index in [2.05, 4.69) is 18.9 Å². The smallest absolute Gasteiger partial charge is 0.170 e. The van der Waals surface area contributed by atoms with Crippen molar-refractivity contribution in [1.29, 1.82) is 0 Å². The van der Waals surface area contributed by atoms with Crippen molar-refractivity contribution in [3.8, 4) is 0 Å². The van der Waals surface area contributed by atoms with Gasteiger partial charge in [-0.3, -0.25) is 0 Å². The van der Waals surface area contributed by atoms with Gasteiger partial charge >= 0.3 is 0 Å². The van der Waals surface area contributed by atoms with Crippen LogP contribution < -0.4 is 0 Å². The van der Waals surface area contributed by atoms with Crippen LogP contribution in [0, 0.1) is 0 Å². The maximum absolute atomic E-state index is 10.2. The Balaban J connectivity index is 1.88. The zero-order valence-electron chi connectivity index (χ0n) is 11.7. The van der Waals surface area contributed by atoms with E-state index in [-0.39, 0.29) is 12.1 Å². The molecular weight excluding hydrogens is 230 g/mol. The first-order valence-corrected chi connectivity index (χ1v) is 7.33. The molecule has 1 N–H and O–H groups in total. The van der Waals surface area contributed by atoms with Crippen LogP contribution in [-0.4, -0.2) is 54.7 Å². The Morgan fingerprint density at radius 2 is 2.00 bits per heavy atom. The van der Waals surface area contributed by atoms with Crippen molar-refractivity contribution in [3.63, 3.8) is 0 Å². The fraction of sp³-hybridized carbons (Fsp3) is 1.00. The lowest BCUT2D eigenvalue weighted by atomic mass is 9.86. The molecule has 0 aromatic rings. The summed E-state index contributed by atoms with van der Waals surface area (Å²) in [5, 5.41) is 10.2. The predicted octanol–water partition coefficient (Wildman–Crippen LogP) is 1.76. The third-order valence-electron chi connectivity index (χ3n) is 4.28. The summed E-state index contributed by atoms with van der Waals surface area (Å²) in [6.45, 7) is 4.65. The fourth-order valence-electron chi connectivity index (χ4n) is 3.10. The summed E-state index contributed by atoms with van der Waals surface area (Å²) < 4.78 is 11.6. The molecule has 2 atom stereocenters. The second kappa shape index (κ2) is 6.33. The van der Waals surface area contributed by atoms with Crippen LogP contribution in [0.25, 0.3) is 0 Å². The number of unbranched alkanes of at least 4 members (excludes halogenated alkanes) is 2. The number of ether oxygens (including phenoxy) is 2. The normalized spacial score (nSPS) is 31.3. The Kier molecular flexibility index (Phi) is 5.01. The maximum atomic E-state index is 10.2. The molecule has 1 aliphatic carbocycles. The van der Waals surface area contributed by atoms with E-state index in [1.807, 2.05) is 0 Å². The standard InChI is InChI=1S/C14H27NO3/c1-3-4-5-8-15(2)12-11-14(7-6-13(12)16)17-9-10-18-14/h12-13,16H,3-11H2,1-2H3. The first-order valence-electron chi connectivity index (χ1n) is 7.33. The van der Waals surface area contributed by atoms with Crippen LogP contribution in [0.4, 0.5) is 0 Å². The number of likely N-dealkylation sites (N-methyl/N-ethyl adjacent to an activating group) is 1. The third kappa shape index (κ3) is 3.23. The molecule has 0 bridgehead atoms. The zero-order chi connectivity index (χ0) is 13.0. The van der Waals surface area contributed by atoms with E-state index in [1.165, 1.54) is 19.3 Å². The highest BCUT2D eigenvalue weighted by Crippen LogP contribution is 2.37. The summed E-state index contributed by atoms with van der Waals surface area (Å²) >= 11 is 0. The molecule has 2 aliphatic rings. The minimum atomic E-state index is -0.400. The first-order chi connectivity index (χ1) is 8.67. The molecule has 0 radical (unpaired) electrons. The summed E-state index contributed by atoms with van der Waals surface area (Å²) in [6.07, 6.45) is 5.86. The Morgan fingerprint density at radius 1 is 1.28 bits per heavy atom. The molecule has 4 nitrogen and oxygen atoms in total. The second-order valence-corrected chi connectivity index (χ2v) is 5.67. The molecule has 106 valence electrons. The molecule has 18 heavy (non-hydrogen) atoms. The number of hydrogen-bond acceptors (Lipinski definition) is 4. The summed E-state index contributed by atoms with van der Waals surface area (Å²) in [5.41, 5.74) is 0. The molecule has 1 spiro atoms. The van der Waals surface area contributed by atoms with Gasteiger partial charge in [0, 0.05) is 18.9 Å². The number of hydrogen-bond donors (Lipinski definition) is 1. The second-order valence-electron chi connectivity index (χ2n) is 5.67. The largest absolute Gasteiger partial charge is 0.391 e. The quantitative estimate of drug-likeness (QED) is 0.762. The summed E-state index contributed by atoms with van der Waals surface area (Å²) in [4.78, 5) is 2.28. The predicted molar refractivity (Wildman–Crippen MR) is 70.4 cm³/mol. The molecule has 1 saturated carbocycles. The van der Waals surface area contributed by atoms with Gasteiger partial charge < -0.3 is 19.5 Å². The molecule has 0 amide bonds. The molecule has 2 fully saturated rings.